The maximum absolute atomic E-state index is 13.1. The Kier molecular flexibility index (Phi) is 3.29. The lowest BCUT2D eigenvalue weighted by atomic mass is 9.98. The van der Waals surface area contributed by atoms with Gasteiger partial charge in [0.25, 0.3) is 5.56 Å². The van der Waals surface area contributed by atoms with Gasteiger partial charge in [-0.05, 0) is 54.8 Å². The molecule has 0 N–H and O–H groups in total. The molecule has 2 aliphatic heterocycles. The van der Waals surface area contributed by atoms with Gasteiger partial charge in [-0.2, -0.15) is 0 Å². The first-order valence-corrected chi connectivity index (χ1v) is 12.8. The molecule has 3 heterocycles. The van der Waals surface area contributed by atoms with Crippen molar-refractivity contribution in [2.24, 2.45) is 0 Å². The lowest BCUT2D eigenvalue weighted by molar-refractivity contribution is 0.175. The molecule has 0 saturated heterocycles. The molecular formula is C21H23NO3Si. The molecule has 2 aliphatic rings. The van der Waals surface area contributed by atoms with Crippen molar-refractivity contribution in [2.45, 2.75) is 45.1 Å². The predicted octanol–water partition coefficient (Wildman–Crippen LogP) is 4.25. The van der Waals surface area contributed by atoms with Crippen molar-refractivity contribution in [3.8, 4) is 11.5 Å². The molecule has 134 valence electrons. The Morgan fingerprint density at radius 1 is 1.12 bits per heavy atom. The Labute approximate surface area is 153 Å². The summed E-state index contributed by atoms with van der Waals surface area (Å²) >= 11 is 0. The summed E-state index contributed by atoms with van der Waals surface area (Å²) in [6.45, 7) is 7.87. The van der Waals surface area contributed by atoms with Crippen LogP contribution in [0.3, 0.4) is 0 Å². The van der Waals surface area contributed by atoms with Gasteiger partial charge in [-0.3, -0.25) is 4.79 Å². The number of pyridine rings is 1. The zero-order chi connectivity index (χ0) is 18.1. The third-order valence-corrected chi connectivity index (χ3v) is 8.89. The standard InChI is InChI=1S/C21H23NO3Si/c1-4-22-17-10-13-7-8-26(2,3)11-14(13)9-16(17)19-15(21(22)23)5-6-18-20(19)25-12-24-18/h5-6,9-10H,4,7-8,11-12H2,1-3H3. The fourth-order valence-electron chi connectivity index (χ4n) is 4.56. The Balaban J connectivity index is 1.95. The predicted molar refractivity (Wildman–Crippen MR) is 107 cm³/mol. The first-order chi connectivity index (χ1) is 12.5. The van der Waals surface area contributed by atoms with Gasteiger partial charge in [0.15, 0.2) is 11.5 Å². The van der Waals surface area contributed by atoms with Crippen LogP contribution in [0.4, 0.5) is 0 Å². The van der Waals surface area contributed by atoms with Crippen LogP contribution in [-0.2, 0) is 19.0 Å². The lowest BCUT2D eigenvalue weighted by Gasteiger charge is -2.30. The van der Waals surface area contributed by atoms with E-state index in [0.717, 1.165) is 39.6 Å². The van der Waals surface area contributed by atoms with E-state index in [1.165, 1.54) is 23.2 Å². The molecule has 0 aliphatic carbocycles. The summed E-state index contributed by atoms with van der Waals surface area (Å²) in [6, 6.07) is 10.8. The molecule has 0 radical (unpaired) electrons. The van der Waals surface area contributed by atoms with Crippen LogP contribution in [0.15, 0.2) is 29.1 Å². The first-order valence-electron chi connectivity index (χ1n) is 9.39. The van der Waals surface area contributed by atoms with Crippen LogP contribution in [0.25, 0.3) is 21.7 Å². The third-order valence-electron chi connectivity index (χ3n) is 5.95. The zero-order valence-electron chi connectivity index (χ0n) is 15.5. The van der Waals surface area contributed by atoms with Gasteiger partial charge in [-0.25, -0.2) is 0 Å². The van der Waals surface area contributed by atoms with E-state index in [-0.39, 0.29) is 12.4 Å². The molecule has 0 bridgehead atoms. The highest BCUT2D eigenvalue weighted by molar-refractivity contribution is 6.77. The third kappa shape index (κ3) is 2.16. The van der Waals surface area contributed by atoms with E-state index in [0.29, 0.717) is 6.54 Å². The van der Waals surface area contributed by atoms with E-state index in [9.17, 15) is 4.79 Å². The van der Waals surface area contributed by atoms with Crippen molar-refractivity contribution < 1.29 is 9.47 Å². The van der Waals surface area contributed by atoms with E-state index < -0.39 is 8.07 Å². The monoisotopic (exact) mass is 365 g/mol. The highest BCUT2D eigenvalue weighted by Gasteiger charge is 2.29. The summed E-state index contributed by atoms with van der Waals surface area (Å²) in [6.07, 6.45) is 1.13. The minimum atomic E-state index is -1.17. The van der Waals surface area contributed by atoms with Gasteiger partial charge in [0.05, 0.1) is 19.0 Å². The van der Waals surface area contributed by atoms with E-state index in [1.54, 1.807) is 0 Å². The normalized spacial score (nSPS) is 17.7. The summed E-state index contributed by atoms with van der Waals surface area (Å²) < 4.78 is 13.2. The molecule has 0 spiro atoms. The van der Waals surface area contributed by atoms with Crippen molar-refractivity contribution >= 4 is 29.7 Å². The number of nitrogens with zero attached hydrogens (tertiary/aromatic N) is 1. The van der Waals surface area contributed by atoms with Gasteiger partial charge < -0.3 is 14.0 Å². The number of fused-ring (bicyclic) bond motifs is 6. The lowest BCUT2D eigenvalue weighted by Crippen LogP contribution is -2.33. The van der Waals surface area contributed by atoms with Gasteiger partial charge in [-0.15, -0.1) is 0 Å². The highest BCUT2D eigenvalue weighted by Crippen LogP contribution is 2.42. The molecule has 5 heteroatoms. The number of aryl methyl sites for hydroxylation is 2. The average molecular weight is 366 g/mol. The molecule has 5 rings (SSSR count). The second kappa shape index (κ2) is 5.36. The van der Waals surface area contributed by atoms with Crippen LogP contribution in [0.2, 0.25) is 19.1 Å². The molecule has 3 aromatic rings. The van der Waals surface area contributed by atoms with Gasteiger partial charge >= 0.3 is 0 Å². The number of aromatic nitrogens is 1. The smallest absolute Gasteiger partial charge is 0.259 e. The molecule has 0 fully saturated rings. The van der Waals surface area contributed by atoms with Crippen molar-refractivity contribution in [3.05, 3.63) is 45.7 Å². The van der Waals surface area contributed by atoms with E-state index >= 15 is 0 Å². The number of benzene rings is 2. The summed E-state index contributed by atoms with van der Waals surface area (Å²) in [4.78, 5) is 13.1. The Morgan fingerprint density at radius 2 is 1.96 bits per heavy atom. The Morgan fingerprint density at radius 3 is 2.77 bits per heavy atom. The van der Waals surface area contributed by atoms with E-state index in [4.69, 9.17) is 9.47 Å². The highest BCUT2D eigenvalue weighted by atomic mass is 28.3. The summed E-state index contributed by atoms with van der Waals surface area (Å²) in [5.41, 5.74) is 3.95. The quantitative estimate of drug-likeness (QED) is 0.478. The maximum Gasteiger partial charge on any atom is 0.259 e. The molecule has 1 aromatic heterocycles. The van der Waals surface area contributed by atoms with Crippen LogP contribution in [0, 0.1) is 0 Å². The fraction of sp³-hybridized carbons (Fsp3) is 0.381. The second-order valence-electron chi connectivity index (χ2n) is 8.25. The van der Waals surface area contributed by atoms with Gasteiger partial charge in [-0.1, -0.05) is 19.1 Å². The first kappa shape index (κ1) is 15.9. The van der Waals surface area contributed by atoms with Crippen LogP contribution in [0.1, 0.15) is 18.1 Å². The number of hydrogen-bond donors (Lipinski definition) is 0. The minimum absolute atomic E-state index is 0.0544. The molecule has 0 saturated carbocycles. The second-order valence-corrected chi connectivity index (χ2v) is 13.4. The van der Waals surface area contributed by atoms with Crippen molar-refractivity contribution in [1.29, 1.82) is 0 Å². The molecule has 4 nitrogen and oxygen atoms in total. The van der Waals surface area contributed by atoms with Gasteiger partial charge in [0.1, 0.15) is 0 Å². The number of rotatable bonds is 1. The largest absolute Gasteiger partial charge is 0.454 e. The van der Waals surface area contributed by atoms with Gasteiger partial charge in [0, 0.05) is 17.3 Å². The summed E-state index contributed by atoms with van der Waals surface area (Å²) in [7, 11) is -1.17. The SMILES string of the molecule is CCn1c(=O)c2ccc3c(c2c2cc4c(cc21)CC[Si](C)(C)C4)OCO3. The van der Waals surface area contributed by atoms with Crippen LogP contribution >= 0.6 is 0 Å². The van der Waals surface area contributed by atoms with Crippen molar-refractivity contribution in [1.82, 2.24) is 4.57 Å². The van der Waals surface area contributed by atoms with Crippen molar-refractivity contribution in [3.63, 3.8) is 0 Å². The van der Waals surface area contributed by atoms with Crippen LogP contribution < -0.4 is 15.0 Å². The van der Waals surface area contributed by atoms with E-state index in [1.807, 2.05) is 23.6 Å². The molecule has 0 unspecified atom stereocenters. The average Bonchev–Trinajstić information content (AvgIpc) is 3.09. The molecular weight excluding hydrogens is 342 g/mol. The number of hydrogen-bond acceptors (Lipinski definition) is 3. The Bertz CT molecular complexity index is 1130. The van der Waals surface area contributed by atoms with Gasteiger partial charge in [0.2, 0.25) is 6.79 Å². The molecule has 0 atom stereocenters. The molecule has 2 aromatic carbocycles. The summed E-state index contributed by atoms with van der Waals surface area (Å²) in [5, 5.41) is 2.75. The maximum atomic E-state index is 13.1. The molecule has 0 amide bonds. The topological polar surface area (TPSA) is 40.5 Å². The zero-order valence-corrected chi connectivity index (χ0v) is 16.5. The van der Waals surface area contributed by atoms with Crippen molar-refractivity contribution in [2.75, 3.05) is 6.79 Å². The van der Waals surface area contributed by atoms with Crippen LogP contribution in [-0.4, -0.2) is 19.4 Å². The van der Waals surface area contributed by atoms with Crippen LogP contribution in [0.5, 0.6) is 11.5 Å². The minimum Gasteiger partial charge on any atom is -0.454 e. The summed E-state index contributed by atoms with van der Waals surface area (Å²) in [5.74, 6) is 1.46. The van der Waals surface area contributed by atoms with E-state index in [2.05, 4.69) is 25.2 Å². The number of ether oxygens (including phenoxy) is 2. The molecule has 26 heavy (non-hydrogen) atoms. The fourth-order valence-corrected chi connectivity index (χ4v) is 7.04. The Hall–Kier alpha value is -2.27.